The third-order valence-electron chi connectivity index (χ3n) is 2.49. The zero-order chi connectivity index (χ0) is 11.3. The van der Waals surface area contributed by atoms with E-state index in [9.17, 15) is 0 Å². The molecule has 1 aromatic heterocycles. The van der Waals surface area contributed by atoms with E-state index in [4.69, 9.17) is 5.73 Å². The third kappa shape index (κ3) is 4.23. The van der Waals surface area contributed by atoms with Crippen LogP contribution in [0.3, 0.4) is 0 Å². The molecule has 15 heavy (non-hydrogen) atoms. The number of anilines is 2. The minimum atomic E-state index is 0.448. The molecule has 1 unspecified atom stereocenters. The van der Waals surface area contributed by atoms with Gasteiger partial charge < -0.3 is 11.1 Å². The van der Waals surface area contributed by atoms with Crippen LogP contribution in [0.2, 0.25) is 0 Å². The van der Waals surface area contributed by atoms with Gasteiger partial charge in [-0.2, -0.15) is 5.10 Å². The Morgan fingerprint density at radius 1 is 1.40 bits per heavy atom. The molecule has 0 aliphatic heterocycles. The highest BCUT2D eigenvalue weighted by atomic mass is 15.2. The first-order chi connectivity index (χ1) is 7.09. The van der Waals surface area contributed by atoms with Crippen LogP contribution >= 0.6 is 0 Å². The molecule has 0 saturated carbocycles. The summed E-state index contributed by atoms with van der Waals surface area (Å²) < 4.78 is 0. The predicted molar refractivity (Wildman–Crippen MR) is 64.8 cm³/mol. The zero-order valence-corrected chi connectivity index (χ0v) is 9.88. The van der Waals surface area contributed by atoms with Crippen LogP contribution in [-0.4, -0.2) is 16.2 Å². The molecule has 4 N–H and O–H groups in total. The second-order valence-corrected chi connectivity index (χ2v) is 4.57. The largest absolute Gasteiger partial charge is 0.382 e. The molecule has 0 spiro atoms. The smallest absolute Gasteiger partial charge is 0.142 e. The quantitative estimate of drug-likeness (QED) is 0.676. The molecule has 4 nitrogen and oxygen atoms in total. The van der Waals surface area contributed by atoms with Crippen LogP contribution < -0.4 is 11.1 Å². The predicted octanol–water partition coefficient (Wildman–Crippen LogP) is 2.62. The van der Waals surface area contributed by atoms with Crippen molar-refractivity contribution in [1.29, 1.82) is 0 Å². The van der Waals surface area contributed by atoms with E-state index < -0.39 is 0 Å². The first-order valence-electron chi connectivity index (χ1n) is 5.65. The van der Waals surface area contributed by atoms with E-state index in [-0.39, 0.29) is 0 Å². The number of nitrogens with two attached hydrogens (primary N) is 1. The summed E-state index contributed by atoms with van der Waals surface area (Å²) in [6, 6.07) is 0.448. The molecule has 1 rings (SSSR count). The molecular formula is C11H22N4. The van der Waals surface area contributed by atoms with E-state index in [1.165, 1.54) is 19.3 Å². The molecule has 0 aliphatic rings. The lowest BCUT2D eigenvalue weighted by Crippen LogP contribution is -2.15. The summed E-state index contributed by atoms with van der Waals surface area (Å²) in [4.78, 5) is 0. The fourth-order valence-electron chi connectivity index (χ4n) is 1.58. The highest BCUT2D eigenvalue weighted by molar-refractivity contribution is 5.60. The van der Waals surface area contributed by atoms with Gasteiger partial charge in [-0.25, -0.2) is 0 Å². The summed E-state index contributed by atoms with van der Waals surface area (Å²) in [7, 11) is 0. The monoisotopic (exact) mass is 210 g/mol. The number of H-pyrrole nitrogens is 1. The van der Waals surface area contributed by atoms with Crippen LogP contribution in [0.25, 0.3) is 0 Å². The van der Waals surface area contributed by atoms with Gasteiger partial charge in [0.15, 0.2) is 0 Å². The second-order valence-electron chi connectivity index (χ2n) is 4.57. The maximum absolute atomic E-state index is 5.69. The van der Waals surface area contributed by atoms with Crippen molar-refractivity contribution >= 4 is 11.5 Å². The van der Waals surface area contributed by atoms with E-state index in [1.54, 1.807) is 6.20 Å². The maximum Gasteiger partial charge on any atom is 0.142 e. The second kappa shape index (κ2) is 5.63. The van der Waals surface area contributed by atoms with Gasteiger partial charge in [-0.3, -0.25) is 5.10 Å². The van der Waals surface area contributed by atoms with Crippen molar-refractivity contribution in [3.8, 4) is 0 Å². The topological polar surface area (TPSA) is 66.7 Å². The van der Waals surface area contributed by atoms with Gasteiger partial charge in [0.1, 0.15) is 5.82 Å². The average Bonchev–Trinajstić information content (AvgIpc) is 2.51. The van der Waals surface area contributed by atoms with E-state index >= 15 is 0 Å². The number of nitrogens with one attached hydrogen (secondary N) is 2. The van der Waals surface area contributed by atoms with E-state index in [0.717, 1.165) is 11.6 Å². The molecule has 0 aliphatic carbocycles. The fourth-order valence-corrected chi connectivity index (χ4v) is 1.58. The summed E-state index contributed by atoms with van der Waals surface area (Å²) in [5, 5.41) is 9.93. The van der Waals surface area contributed by atoms with Crippen LogP contribution in [0, 0.1) is 5.92 Å². The Bertz CT molecular complexity index is 280. The highest BCUT2D eigenvalue weighted by Crippen LogP contribution is 2.16. The van der Waals surface area contributed by atoms with Crippen molar-refractivity contribution < 1.29 is 0 Å². The fraction of sp³-hybridized carbons (Fsp3) is 0.727. The number of aromatic amines is 1. The molecule has 0 aromatic carbocycles. The molecule has 0 bridgehead atoms. The normalized spacial score (nSPS) is 13.1. The number of hydrogen-bond donors (Lipinski definition) is 3. The summed E-state index contributed by atoms with van der Waals surface area (Å²) in [5.41, 5.74) is 6.59. The van der Waals surface area contributed by atoms with Crippen molar-refractivity contribution in [2.75, 3.05) is 11.1 Å². The molecule has 0 saturated heterocycles. The van der Waals surface area contributed by atoms with E-state index in [0.29, 0.717) is 11.9 Å². The summed E-state index contributed by atoms with van der Waals surface area (Å²) >= 11 is 0. The molecule has 0 fully saturated rings. The third-order valence-corrected chi connectivity index (χ3v) is 2.49. The van der Waals surface area contributed by atoms with Crippen molar-refractivity contribution in [2.24, 2.45) is 5.92 Å². The van der Waals surface area contributed by atoms with Gasteiger partial charge in [-0.15, -0.1) is 0 Å². The Labute approximate surface area is 91.6 Å². The van der Waals surface area contributed by atoms with Crippen LogP contribution in [0.15, 0.2) is 6.20 Å². The van der Waals surface area contributed by atoms with Gasteiger partial charge in [0, 0.05) is 6.04 Å². The van der Waals surface area contributed by atoms with Crippen LogP contribution in [0.1, 0.15) is 40.0 Å². The number of aromatic nitrogens is 2. The molecular weight excluding hydrogens is 188 g/mol. The maximum atomic E-state index is 5.69. The van der Waals surface area contributed by atoms with Gasteiger partial charge >= 0.3 is 0 Å². The lowest BCUT2D eigenvalue weighted by Gasteiger charge is -2.14. The van der Waals surface area contributed by atoms with Gasteiger partial charge in [-0.05, 0) is 19.3 Å². The molecule has 0 radical (unpaired) electrons. The Hall–Kier alpha value is -1.19. The molecule has 1 aromatic rings. The number of rotatable bonds is 6. The van der Waals surface area contributed by atoms with Crippen LogP contribution in [0.5, 0.6) is 0 Å². The SMILES string of the molecule is CC(C)CCCC(C)Nc1cn[nH]c1N. The Balaban J connectivity index is 2.24. The van der Waals surface area contributed by atoms with Crippen molar-refractivity contribution in [2.45, 2.75) is 46.1 Å². The van der Waals surface area contributed by atoms with Crippen LogP contribution in [0.4, 0.5) is 11.5 Å². The van der Waals surface area contributed by atoms with Crippen molar-refractivity contribution in [3.05, 3.63) is 6.20 Å². The van der Waals surface area contributed by atoms with Crippen molar-refractivity contribution in [1.82, 2.24) is 10.2 Å². The van der Waals surface area contributed by atoms with Crippen LogP contribution in [-0.2, 0) is 0 Å². The Morgan fingerprint density at radius 3 is 2.67 bits per heavy atom. The van der Waals surface area contributed by atoms with Gasteiger partial charge in [0.05, 0.1) is 11.9 Å². The Morgan fingerprint density at radius 2 is 2.13 bits per heavy atom. The molecule has 0 amide bonds. The lowest BCUT2D eigenvalue weighted by atomic mass is 10.0. The summed E-state index contributed by atoms with van der Waals surface area (Å²) in [5.74, 6) is 1.40. The van der Waals surface area contributed by atoms with E-state index in [1.807, 2.05) is 0 Å². The standard InChI is InChI=1S/C11H22N4/c1-8(2)5-4-6-9(3)14-10-7-13-15-11(10)12/h7-9,14H,4-6H2,1-3H3,(H3,12,13,15). The Kier molecular flexibility index (Phi) is 4.46. The molecule has 1 atom stereocenters. The molecule has 1 heterocycles. The van der Waals surface area contributed by atoms with Gasteiger partial charge in [0.2, 0.25) is 0 Å². The number of hydrogen-bond acceptors (Lipinski definition) is 3. The van der Waals surface area contributed by atoms with Gasteiger partial charge in [-0.1, -0.05) is 26.7 Å². The minimum absolute atomic E-state index is 0.448. The van der Waals surface area contributed by atoms with Gasteiger partial charge in [0.25, 0.3) is 0 Å². The minimum Gasteiger partial charge on any atom is -0.382 e. The number of nitrogen functional groups attached to an aromatic ring is 1. The first-order valence-corrected chi connectivity index (χ1v) is 5.65. The lowest BCUT2D eigenvalue weighted by molar-refractivity contribution is 0.520. The summed E-state index contributed by atoms with van der Waals surface area (Å²) in [6.45, 7) is 6.69. The van der Waals surface area contributed by atoms with E-state index in [2.05, 4.69) is 36.3 Å². The highest BCUT2D eigenvalue weighted by Gasteiger charge is 2.06. The first kappa shape index (κ1) is 11.9. The average molecular weight is 210 g/mol. The van der Waals surface area contributed by atoms with Crippen molar-refractivity contribution in [3.63, 3.8) is 0 Å². The number of nitrogens with zero attached hydrogens (tertiary/aromatic N) is 1. The zero-order valence-electron chi connectivity index (χ0n) is 9.88. The molecule has 4 heteroatoms. The summed E-state index contributed by atoms with van der Waals surface area (Å²) in [6.07, 6.45) is 5.44. The molecule has 86 valence electrons.